The van der Waals surface area contributed by atoms with Crippen LogP contribution in [0.5, 0.6) is 5.75 Å². The second kappa shape index (κ2) is 8.18. The van der Waals surface area contributed by atoms with E-state index in [2.05, 4.69) is 27.7 Å². The first-order valence-electron chi connectivity index (χ1n) is 8.30. The summed E-state index contributed by atoms with van der Waals surface area (Å²) in [6.07, 6.45) is 0. The molecule has 1 heterocycles. The lowest BCUT2D eigenvalue weighted by Gasteiger charge is -2.17. The molecule has 8 heteroatoms. The van der Waals surface area contributed by atoms with Crippen LogP contribution in [0.4, 0.5) is 0 Å². The Morgan fingerprint density at radius 1 is 1.23 bits per heavy atom. The molecule has 0 bridgehead atoms. The maximum absolute atomic E-state index is 12.4. The number of aromatic nitrogens is 4. The van der Waals surface area contributed by atoms with E-state index in [0.717, 1.165) is 22.1 Å². The van der Waals surface area contributed by atoms with Crippen molar-refractivity contribution in [1.82, 2.24) is 25.1 Å². The first kappa shape index (κ1) is 18.2. The highest BCUT2D eigenvalue weighted by Crippen LogP contribution is 2.22. The van der Waals surface area contributed by atoms with Crippen molar-refractivity contribution in [2.75, 3.05) is 19.9 Å². The van der Waals surface area contributed by atoms with Gasteiger partial charge >= 0.3 is 0 Å². The highest BCUT2D eigenvalue weighted by atomic mass is 32.2. The standard InChI is InChI=1S/C18H21N5O2S/c1-4-23-18(19-20-21-23)26-12-17(24)22(2)11-13-5-6-15-10-16(25-3)8-7-14(15)9-13/h5-10H,4,11-12H2,1-3H3. The van der Waals surface area contributed by atoms with Crippen molar-refractivity contribution in [3.63, 3.8) is 0 Å². The lowest BCUT2D eigenvalue weighted by molar-refractivity contribution is -0.127. The minimum absolute atomic E-state index is 0.0375. The lowest BCUT2D eigenvalue weighted by Crippen LogP contribution is -2.27. The number of carbonyl (C=O) groups excluding carboxylic acids is 1. The highest BCUT2D eigenvalue weighted by Gasteiger charge is 2.13. The van der Waals surface area contributed by atoms with Crippen molar-refractivity contribution in [3.8, 4) is 5.75 Å². The zero-order valence-corrected chi connectivity index (χ0v) is 15.9. The molecule has 0 saturated heterocycles. The van der Waals surface area contributed by atoms with Crippen LogP contribution in [0.2, 0.25) is 0 Å². The van der Waals surface area contributed by atoms with Crippen molar-refractivity contribution in [2.24, 2.45) is 0 Å². The van der Waals surface area contributed by atoms with E-state index in [1.54, 1.807) is 16.7 Å². The summed E-state index contributed by atoms with van der Waals surface area (Å²) in [7, 11) is 3.47. The van der Waals surface area contributed by atoms with Gasteiger partial charge in [-0.3, -0.25) is 4.79 Å². The lowest BCUT2D eigenvalue weighted by atomic mass is 10.1. The molecule has 0 N–H and O–H groups in total. The van der Waals surface area contributed by atoms with Crippen LogP contribution in [0, 0.1) is 0 Å². The first-order chi connectivity index (χ1) is 12.6. The maximum atomic E-state index is 12.4. The number of rotatable bonds is 7. The number of tetrazole rings is 1. The molecule has 3 aromatic rings. The third-order valence-electron chi connectivity index (χ3n) is 4.08. The van der Waals surface area contributed by atoms with Crippen LogP contribution in [0.3, 0.4) is 0 Å². The zero-order chi connectivity index (χ0) is 18.5. The fourth-order valence-electron chi connectivity index (χ4n) is 2.60. The average Bonchev–Trinajstić information content (AvgIpc) is 3.13. The molecule has 3 rings (SSSR count). The molecule has 1 aromatic heterocycles. The van der Waals surface area contributed by atoms with Gasteiger partial charge in [-0.2, -0.15) is 0 Å². The summed E-state index contributed by atoms with van der Waals surface area (Å²) in [5.74, 6) is 1.18. The number of aryl methyl sites for hydroxylation is 1. The van der Waals surface area contributed by atoms with Gasteiger partial charge in [0.15, 0.2) is 0 Å². The van der Waals surface area contributed by atoms with Gasteiger partial charge in [-0.05, 0) is 51.9 Å². The SMILES string of the molecule is CCn1nnnc1SCC(=O)N(C)Cc1ccc2cc(OC)ccc2c1. The summed E-state index contributed by atoms with van der Waals surface area (Å²) in [6, 6.07) is 12.2. The van der Waals surface area contributed by atoms with Gasteiger partial charge in [-0.1, -0.05) is 30.0 Å². The molecular weight excluding hydrogens is 350 g/mol. The number of nitrogens with zero attached hydrogens (tertiary/aromatic N) is 5. The van der Waals surface area contributed by atoms with Gasteiger partial charge in [-0.15, -0.1) is 5.10 Å². The Bertz CT molecular complexity index is 911. The first-order valence-corrected chi connectivity index (χ1v) is 9.29. The van der Waals surface area contributed by atoms with Gasteiger partial charge < -0.3 is 9.64 Å². The summed E-state index contributed by atoms with van der Waals surface area (Å²) < 4.78 is 6.93. The molecular formula is C18H21N5O2S. The Hall–Kier alpha value is -2.61. The van der Waals surface area contributed by atoms with E-state index in [4.69, 9.17) is 4.74 Å². The summed E-state index contributed by atoms with van der Waals surface area (Å²) >= 11 is 1.35. The second-order valence-corrected chi connectivity index (χ2v) is 6.81. The van der Waals surface area contributed by atoms with Gasteiger partial charge in [0.1, 0.15) is 5.75 Å². The quantitative estimate of drug-likeness (QED) is 0.595. The number of methoxy groups -OCH3 is 1. The van der Waals surface area contributed by atoms with Crippen LogP contribution in [0.1, 0.15) is 12.5 Å². The van der Waals surface area contributed by atoms with E-state index >= 15 is 0 Å². The Balaban J connectivity index is 1.62. The third-order valence-corrected chi connectivity index (χ3v) is 5.02. The molecule has 0 aliphatic carbocycles. The van der Waals surface area contributed by atoms with E-state index < -0.39 is 0 Å². The molecule has 0 aliphatic rings. The van der Waals surface area contributed by atoms with Gasteiger partial charge in [0.2, 0.25) is 11.1 Å². The number of hydrogen-bond donors (Lipinski definition) is 0. The topological polar surface area (TPSA) is 73.1 Å². The number of thioether (sulfide) groups is 1. The van der Waals surface area contributed by atoms with E-state index in [1.165, 1.54) is 11.8 Å². The number of ether oxygens (including phenoxy) is 1. The molecule has 0 spiro atoms. The largest absolute Gasteiger partial charge is 0.497 e. The van der Waals surface area contributed by atoms with Crippen LogP contribution in [-0.4, -0.2) is 50.9 Å². The summed E-state index contributed by atoms with van der Waals surface area (Å²) in [4.78, 5) is 14.1. The van der Waals surface area contributed by atoms with Gasteiger partial charge in [0.25, 0.3) is 0 Å². The number of fused-ring (bicyclic) bond motifs is 1. The molecule has 26 heavy (non-hydrogen) atoms. The molecule has 0 atom stereocenters. The van der Waals surface area contributed by atoms with Gasteiger partial charge in [0, 0.05) is 20.1 Å². The molecule has 0 radical (unpaired) electrons. The van der Waals surface area contributed by atoms with Crippen LogP contribution in [0.15, 0.2) is 41.6 Å². The van der Waals surface area contributed by atoms with E-state index in [1.807, 2.05) is 38.2 Å². The fraction of sp³-hybridized carbons (Fsp3) is 0.333. The number of carbonyl (C=O) groups is 1. The van der Waals surface area contributed by atoms with Crippen LogP contribution < -0.4 is 4.74 Å². The van der Waals surface area contributed by atoms with Gasteiger partial charge in [0.05, 0.1) is 12.9 Å². The van der Waals surface area contributed by atoms with Gasteiger partial charge in [-0.25, -0.2) is 4.68 Å². The van der Waals surface area contributed by atoms with Crippen LogP contribution in [-0.2, 0) is 17.9 Å². The van der Waals surface area contributed by atoms with E-state index in [9.17, 15) is 4.79 Å². The number of benzene rings is 2. The van der Waals surface area contributed by atoms with Crippen molar-refractivity contribution in [3.05, 3.63) is 42.0 Å². The number of amides is 1. The molecule has 1 amide bonds. The fourth-order valence-corrected chi connectivity index (χ4v) is 3.48. The smallest absolute Gasteiger partial charge is 0.233 e. The van der Waals surface area contributed by atoms with Crippen molar-refractivity contribution >= 4 is 28.4 Å². The Kier molecular flexibility index (Phi) is 5.72. The molecule has 7 nitrogen and oxygen atoms in total. The van der Waals surface area contributed by atoms with E-state index in [-0.39, 0.29) is 5.91 Å². The van der Waals surface area contributed by atoms with Crippen LogP contribution in [0.25, 0.3) is 10.8 Å². The zero-order valence-electron chi connectivity index (χ0n) is 15.0. The molecule has 136 valence electrons. The minimum Gasteiger partial charge on any atom is -0.497 e. The average molecular weight is 371 g/mol. The Morgan fingerprint density at radius 3 is 2.77 bits per heavy atom. The highest BCUT2D eigenvalue weighted by molar-refractivity contribution is 7.99. The molecule has 0 saturated carbocycles. The third kappa shape index (κ3) is 4.13. The normalized spacial score (nSPS) is 10.9. The molecule has 0 aliphatic heterocycles. The van der Waals surface area contributed by atoms with E-state index in [0.29, 0.717) is 24.0 Å². The molecule has 2 aromatic carbocycles. The second-order valence-electron chi connectivity index (χ2n) is 5.86. The van der Waals surface area contributed by atoms with Crippen LogP contribution >= 0.6 is 11.8 Å². The minimum atomic E-state index is 0.0375. The molecule has 0 unspecified atom stereocenters. The summed E-state index contributed by atoms with van der Waals surface area (Å²) in [6.45, 7) is 3.20. The summed E-state index contributed by atoms with van der Waals surface area (Å²) in [5.41, 5.74) is 1.09. The predicted octanol–water partition coefficient (Wildman–Crippen LogP) is 2.61. The Labute approximate surface area is 156 Å². The Morgan fingerprint density at radius 2 is 2.00 bits per heavy atom. The number of hydrogen-bond acceptors (Lipinski definition) is 6. The van der Waals surface area contributed by atoms with Crippen molar-refractivity contribution in [2.45, 2.75) is 25.2 Å². The summed E-state index contributed by atoms with van der Waals surface area (Å²) in [5, 5.41) is 14.3. The van der Waals surface area contributed by atoms with Crippen molar-refractivity contribution < 1.29 is 9.53 Å². The van der Waals surface area contributed by atoms with Crippen molar-refractivity contribution in [1.29, 1.82) is 0 Å². The maximum Gasteiger partial charge on any atom is 0.233 e. The predicted molar refractivity (Wildman–Crippen MR) is 101 cm³/mol. The molecule has 0 fully saturated rings. The monoisotopic (exact) mass is 371 g/mol.